The fraction of sp³-hybridized carbons (Fsp3) is 0.346. The molecule has 35 heavy (non-hydrogen) atoms. The van der Waals surface area contributed by atoms with Crippen molar-refractivity contribution in [1.29, 1.82) is 0 Å². The Morgan fingerprint density at radius 1 is 1.06 bits per heavy atom. The van der Waals surface area contributed by atoms with Crippen LogP contribution in [0.1, 0.15) is 51.0 Å². The van der Waals surface area contributed by atoms with E-state index in [2.05, 4.69) is 28.2 Å². The molecule has 1 saturated heterocycles. The van der Waals surface area contributed by atoms with Crippen molar-refractivity contribution in [2.24, 2.45) is 0 Å². The van der Waals surface area contributed by atoms with Crippen LogP contribution >= 0.6 is 27.5 Å². The lowest BCUT2D eigenvalue weighted by Crippen LogP contribution is -2.54. The van der Waals surface area contributed by atoms with Gasteiger partial charge in [0.25, 0.3) is 11.8 Å². The van der Waals surface area contributed by atoms with E-state index < -0.39 is 17.8 Å². The van der Waals surface area contributed by atoms with E-state index in [0.717, 1.165) is 17.7 Å². The quantitative estimate of drug-likeness (QED) is 0.191. The summed E-state index contributed by atoms with van der Waals surface area (Å²) in [5, 5.41) is 2.56. The van der Waals surface area contributed by atoms with Crippen molar-refractivity contribution in [2.45, 2.75) is 45.4 Å². The Hall–Kier alpha value is -2.84. The monoisotopic (exact) mass is 562 g/mol. The first kappa shape index (κ1) is 26.8. The van der Waals surface area contributed by atoms with Crippen molar-refractivity contribution < 1.29 is 23.9 Å². The van der Waals surface area contributed by atoms with E-state index in [-0.39, 0.29) is 11.3 Å². The van der Waals surface area contributed by atoms with Gasteiger partial charge in [-0.25, -0.2) is 9.69 Å². The molecule has 1 N–H and O–H groups in total. The maximum absolute atomic E-state index is 13.1. The SMILES string of the molecule is CCCCCCCCOc1c(Br)cc(/C=C2\C(=O)NC(=O)N(c3cccc(Cl)c3)C2=O)cc1OC. The van der Waals surface area contributed by atoms with Crippen molar-refractivity contribution in [3.05, 3.63) is 57.0 Å². The first-order valence-corrected chi connectivity index (χ1v) is 12.7. The number of nitrogens with zero attached hydrogens (tertiary/aromatic N) is 1. The maximum atomic E-state index is 13.1. The van der Waals surface area contributed by atoms with Crippen LogP contribution in [-0.4, -0.2) is 31.6 Å². The summed E-state index contributed by atoms with van der Waals surface area (Å²) in [6.07, 6.45) is 8.34. The Morgan fingerprint density at radius 3 is 2.51 bits per heavy atom. The first-order valence-electron chi connectivity index (χ1n) is 11.5. The minimum Gasteiger partial charge on any atom is -0.493 e. The van der Waals surface area contributed by atoms with Gasteiger partial charge in [0.15, 0.2) is 11.5 Å². The second kappa shape index (κ2) is 12.7. The van der Waals surface area contributed by atoms with Gasteiger partial charge in [0.1, 0.15) is 5.57 Å². The highest BCUT2D eigenvalue weighted by atomic mass is 79.9. The zero-order valence-corrected chi connectivity index (χ0v) is 22.1. The molecule has 1 fully saturated rings. The molecule has 0 saturated carbocycles. The molecule has 2 aromatic carbocycles. The van der Waals surface area contributed by atoms with Gasteiger partial charge >= 0.3 is 6.03 Å². The van der Waals surface area contributed by atoms with Crippen molar-refractivity contribution in [1.82, 2.24) is 5.32 Å². The van der Waals surface area contributed by atoms with Crippen molar-refractivity contribution in [2.75, 3.05) is 18.6 Å². The number of carbonyl (C=O) groups excluding carboxylic acids is 3. The van der Waals surface area contributed by atoms with Crippen LogP contribution in [0.15, 0.2) is 46.4 Å². The predicted molar refractivity (Wildman–Crippen MR) is 140 cm³/mol. The van der Waals surface area contributed by atoms with E-state index in [1.54, 1.807) is 30.3 Å². The number of halogens is 2. The molecule has 4 amide bonds. The number of hydrogen-bond donors (Lipinski definition) is 1. The summed E-state index contributed by atoms with van der Waals surface area (Å²) in [4.78, 5) is 38.9. The average Bonchev–Trinajstić information content (AvgIpc) is 2.82. The molecule has 2 aromatic rings. The van der Waals surface area contributed by atoms with Crippen LogP contribution in [0.2, 0.25) is 5.02 Å². The number of carbonyl (C=O) groups is 3. The Labute approximate surface area is 218 Å². The van der Waals surface area contributed by atoms with Crippen molar-refractivity contribution in [3.8, 4) is 11.5 Å². The number of amides is 4. The Kier molecular flexibility index (Phi) is 9.74. The number of benzene rings is 2. The smallest absolute Gasteiger partial charge is 0.335 e. The highest BCUT2D eigenvalue weighted by Gasteiger charge is 2.37. The van der Waals surface area contributed by atoms with Crippen LogP contribution in [0.25, 0.3) is 6.08 Å². The van der Waals surface area contributed by atoms with E-state index in [9.17, 15) is 14.4 Å². The lowest BCUT2D eigenvalue weighted by atomic mass is 10.1. The van der Waals surface area contributed by atoms with Crippen LogP contribution < -0.4 is 19.7 Å². The molecule has 186 valence electrons. The topological polar surface area (TPSA) is 84.9 Å². The molecule has 0 radical (unpaired) electrons. The highest BCUT2D eigenvalue weighted by Crippen LogP contribution is 2.37. The number of nitrogens with one attached hydrogen (secondary N) is 1. The number of methoxy groups -OCH3 is 1. The summed E-state index contributed by atoms with van der Waals surface area (Å²) in [6.45, 7) is 2.75. The number of anilines is 1. The van der Waals surface area contributed by atoms with E-state index in [1.807, 2.05) is 0 Å². The summed E-state index contributed by atoms with van der Waals surface area (Å²) in [5.41, 5.74) is 0.592. The minimum atomic E-state index is -0.836. The van der Waals surface area contributed by atoms with Crippen LogP contribution in [-0.2, 0) is 9.59 Å². The third-order valence-corrected chi connectivity index (χ3v) is 6.30. The Morgan fingerprint density at radius 2 is 1.80 bits per heavy atom. The molecule has 0 aromatic heterocycles. The number of urea groups is 1. The molecule has 3 rings (SSSR count). The third kappa shape index (κ3) is 6.86. The first-order chi connectivity index (χ1) is 16.8. The molecular formula is C26H28BrClN2O5. The second-order valence-corrected chi connectivity index (χ2v) is 9.38. The summed E-state index contributed by atoms with van der Waals surface area (Å²) in [6, 6.07) is 8.84. The Bertz CT molecular complexity index is 1130. The van der Waals surface area contributed by atoms with Crippen molar-refractivity contribution >= 4 is 57.1 Å². The van der Waals surface area contributed by atoms with Gasteiger partial charge in [0.05, 0.1) is 23.9 Å². The van der Waals surface area contributed by atoms with Gasteiger partial charge in [-0.3, -0.25) is 14.9 Å². The molecule has 9 heteroatoms. The second-order valence-electron chi connectivity index (χ2n) is 8.09. The van der Waals surface area contributed by atoms with E-state index >= 15 is 0 Å². The van der Waals surface area contributed by atoms with Gasteiger partial charge in [0.2, 0.25) is 0 Å². The van der Waals surface area contributed by atoms with E-state index in [0.29, 0.717) is 33.2 Å². The summed E-state index contributed by atoms with van der Waals surface area (Å²) >= 11 is 9.52. The Balaban J connectivity index is 1.79. The number of imide groups is 2. The predicted octanol–water partition coefficient (Wildman–Crippen LogP) is 6.52. The van der Waals surface area contributed by atoms with E-state index in [4.69, 9.17) is 21.1 Å². The molecule has 1 aliphatic rings. The van der Waals surface area contributed by atoms with Crippen LogP contribution in [0, 0.1) is 0 Å². The highest BCUT2D eigenvalue weighted by molar-refractivity contribution is 9.10. The molecule has 0 spiro atoms. The number of ether oxygens (including phenoxy) is 2. The van der Waals surface area contributed by atoms with Gasteiger partial charge < -0.3 is 9.47 Å². The molecule has 0 bridgehead atoms. The average molecular weight is 564 g/mol. The van der Waals surface area contributed by atoms with Crippen LogP contribution in [0.3, 0.4) is 0 Å². The lowest BCUT2D eigenvalue weighted by Gasteiger charge is -2.26. The van der Waals surface area contributed by atoms with Gasteiger partial charge in [-0.15, -0.1) is 0 Å². The standard InChI is InChI=1S/C26H28BrClN2O5/c1-3-4-5-6-7-8-12-35-23-21(27)14-17(15-22(23)34-2)13-20-24(31)29-26(33)30(25(20)32)19-11-9-10-18(28)16-19/h9-11,13-16H,3-8,12H2,1-2H3,(H,29,31,33)/b20-13+. The third-order valence-electron chi connectivity index (χ3n) is 5.48. The lowest BCUT2D eigenvalue weighted by molar-refractivity contribution is -0.122. The molecule has 0 aliphatic carbocycles. The number of barbiturate groups is 1. The zero-order chi connectivity index (χ0) is 25.4. The van der Waals surface area contributed by atoms with Gasteiger partial charge in [-0.05, 0) is 64.3 Å². The van der Waals surface area contributed by atoms with Gasteiger partial charge in [-0.1, -0.05) is 56.7 Å². The van der Waals surface area contributed by atoms with Crippen LogP contribution in [0.5, 0.6) is 11.5 Å². The minimum absolute atomic E-state index is 0.195. The molecular weight excluding hydrogens is 536 g/mol. The van der Waals surface area contributed by atoms with Gasteiger partial charge in [0, 0.05) is 5.02 Å². The zero-order valence-electron chi connectivity index (χ0n) is 19.7. The summed E-state index contributed by atoms with van der Waals surface area (Å²) in [5.74, 6) is -0.515. The molecule has 1 heterocycles. The largest absolute Gasteiger partial charge is 0.493 e. The number of hydrogen-bond acceptors (Lipinski definition) is 5. The van der Waals surface area contributed by atoms with Gasteiger partial charge in [-0.2, -0.15) is 0 Å². The summed E-state index contributed by atoms with van der Waals surface area (Å²) < 4.78 is 12.1. The molecule has 7 nitrogen and oxygen atoms in total. The normalized spacial score (nSPS) is 14.9. The number of unbranched alkanes of at least 4 members (excludes halogenated alkanes) is 5. The maximum Gasteiger partial charge on any atom is 0.335 e. The fourth-order valence-electron chi connectivity index (χ4n) is 3.69. The summed E-state index contributed by atoms with van der Waals surface area (Å²) in [7, 11) is 1.52. The number of rotatable bonds is 11. The fourth-order valence-corrected chi connectivity index (χ4v) is 4.45. The van der Waals surface area contributed by atoms with E-state index in [1.165, 1.54) is 44.9 Å². The van der Waals surface area contributed by atoms with Crippen LogP contribution in [0.4, 0.5) is 10.5 Å². The molecule has 0 unspecified atom stereocenters. The molecule has 1 aliphatic heterocycles. The molecule has 0 atom stereocenters. The van der Waals surface area contributed by atoms with Crippen molar-refractivity contribution in [3.63, 3.8) is 0 Å².